The molecule has 0 heterocycles. The van der Waals surface area contributed by atoms with Crippen molar-refractivity contribution >= 4 is 17.8 Å². The van der Waals surface area contributed by atoms with Gasteiger partial charge >= 0.3 is 5.97 Å². The van der Waals surface area contributed by atoms with Gasteiger partial charge in [0.25, 0.3) is 0 Å². The van der Waals surface area contributed by atoms with E-state index in [1.807, 2.05) is 6.92 Å². The Hall–Kier alpha value is -1.59. The van der Waals surface area contributed by atoms with Crippen molar-refractivity contribution in [3.63, 3.8) is 0 Å². The van der Waals surface area contributed by atoms with Gasteiger partial charge in [-0.2, -0.15) is 0 Å². The van der Waals surface area contributed by atoms with Crippen LogP contribution in [0, 0.1) is 5.92 Å². The second-order valence-corrected chi connectivity index (χ2v) is 6.19. The molecule has 1 aliphatic carbocycles. The summed E-state index contributed by atoms with van der Waals surface area (Å²) >= 11 is 0. The van der Waals surface area contributed by atoms with Crippen molar-refractivity contribution in [3.8, 4) is 0 Å². The van der Waals surface area contributed by atoms with Gasteiger partial charge in [0.2, 0.25) is 11.8 Å². The molecule has 6 heteroatoms. The monoisotopic (exact) mass is 312 g/mol. The highest BCUT2D eigenvalue weighted by atomic mass is 16.4. The molecule has 1 fully saturated rings. The first kappa shape index (κ1) is 18.5. The summed E-state index contributed by atoms with van der Waals surface area (Å²) in [7, 11) is 0. The van der Waals surface area contributed by atoms with Crippen molar-refractivity contribution in [3.05, 3.63) is 0 Å². The number of carboxylic acid groups (broad SMARTS) is 1. The topological polar surface area (TPSA) is 95.5 Å². The van der Waals surface area contributed by atoms with Gasteiger partial charge < -0.3 is 15.7 Å². The van der Waals surface area contributed by atoms with Crippen LogP contribution in [-0.2, 0) is 14.4 Å². The van der Waals surface area contributed by atoms with E-state index in [1.165, 1.54) is 19.3 Å². The van der Waals surface area contributed by atoms with Crippen molar-refractivity contribution < 1.29 is 19.5 Å². The fourth-order valence-corrected chi connectivity index (χ4v) is 2.86. The zero-order valence-electron chi connectivity index (χ0n) is 13.6. The Balaban J connectivity index is 2.38. The quantitative estimate of drug-likeness (QED) is 0.637. The molecule has 3 N–H and O–H groups in total. The van der Waals surface area contributed by atoms with Gasteiger partial charge in [0.05, 0.1) is 0 Å². The minimum absolute atomic E-state index is 0.128. The van der Waals surface area contributed by atoms with Crippen molar-refractivity contribution in [2.45, 2.75) is 77.3 Å². The predicted octanol–water partition coefficient (Wildman–Crippen LogP) is 1.83. The molecule has 2 amide bonds. The molecule has 0 aromatic carbocycles. The molecular weight excluding hydrogens is 284 g/mol. The molecule has 2 unspecified atom stereocenters. The third kappa shape index (κ3) is 6.45. The van der Waals surface area contributed by atoms with Crippen LogP contribution in [0.2, 0.25) is 0 Å². The largest absolute Gasteiger partial charge is 0.480 e. The third-order valence-corrected chi connectivity index (χ3v) is 4.16. The molecule has 1 aliphatic rings. The van der Waals surface area contributed by atoms with Gasteiger partial charge in [-0.1, -0.05) is 32.6 Å². The molecule has 0 aromatic rings. The first-order valence-electron chi connectivity index (χ1n) is 8.26. The minimum Gasteiger partial charge on any atom is -0.480 e. The molecular formula is C16H28N2O4. The van der Waals surface area contributed by atoms with E-state index in [9.17, 15) is 14.4 Å². The Morgan fingerprint density at radius 2 is 1.77 bits per heavy atom. The lowest BCUT2D eigenvalue weighted by Gasteiger charge is -2.22. The lowest BCUT2D eigenvalue weighted by Crippen LogP contribution is -2.50. The summed E-state index contributed by atoms with van der Waals surface area (Å²) in [5.41, 5.74) is 0. The Morgan fingerprint density at radius 3 is 2.32 bits per heavy atom. The van der Waals surface area contributed by atoms with Gasteiger partial charge in [0, 0.05) is 6.42 Å². The van der Waals surface area contributed by atoms with Crippen molar-refractivity contribution in [2.24, 2.45) is 5.92 Å². The Morgan fingerprint density at radius 1 is 1.14 bits per heavy atom. The van der Waals surface area contributed by atoms with E-state index in [0.29, 0.717) is 25.2 Å². The Labute approximate surface area is 132 Å². The lowest BCUT2D eigenvalue weighted by atomic mass is 9.87. The molecule has 0 bridgehead atoms. The molecule has 126 valence electrons. The number of hydrogen-bond acceptors (Lipinski definition) is 3. The molecule has 0 radical (unpaired) electrons. The summed E-state index contributed by atoms with van der Waals surface area (Å²) in [5, 5.41) is 14.2. The first-order valence-corrected chi connectivity index (χ1v) is 8.26. The second-order valence-electron chi connectivity index (χ2n) is 6.19. The van der Waals surface area contributed by atoms with E-state index >= 15 is 0 Å². The highest BCUT2D eigenvalue weighted by Gasteiger charge is 2.24. The highest BCUT2D eigenvalue weighted by molar-refractivity contribution is 5.90. The number of carboxylic acids is 1. The summed E-state index contributed by atoms with van der Waals surface area (Å²) in [4.78, 5) is 35.0. The summed E-state index contributed by atoms with van der Waals surface area (Å²) in [6.07, 6.45) is 7.23. The molecule has 0 saturated heterocycles. The summed E-state index contributed by atoms with van der Waals surface area (Å²) in [5.74, 6) is -1.21. The second kappa shape index (κ2) is 9.43. The number of carbonyl (C=O) groups excluding carboxylic acids is 2. The molecule has 0 spiro atoms. The van der Waals surface area contributed by atoms with Crippen LogP contribution in [0.15, 0.2) is 0 Å². The minimum atomic E-state index is -1.05. The molecule has 0 aliphatic heterocycles. The van der Waals surface area contributed by atoms with E-state index in [1.54, 1.807) is 6.92 Å². The highest BCUT2D eigenvalue weighted by Crippen LogP contribution is 2.26. The van der Waals surface area contributed by atoms with Crippen molar-refractivity contribution in [1.82, 2.24) is 10.6 Å². The van der Waals surface area contributed by atoms with Crippen LogP contribution in [0.3, 0.4) is 0 Å². The van der Waals surface area contributed by atoms with Crippen LogP contribution in [0.4, 0.5) is 0 Å². The third-order valence-electron chi connectivity index (χ3n) is 4.16. The van der Waals surface area contributed by atoms with Gasteiger partial charge in [-0.15, -0.1) is 0 Å². The van der Waals surface area contributed by atoms with E-state index in [-0.39, 0.29) is 5.91 Å². The number of hydrogen-bond donors (Lipinski definition) is 3. The number of amides is 2. The van der Waals surface area contributed by atoms with Crippen molar-refractivity contribution in [1.29, 1.82) is 0 Å². The number of nitrogens with one attached hydrogen (secondary N) is 2. The van der Waals surface area contributed by atoms with E-state index in [2.05, 4.69) is 10.6 Å². The van der Waals surface area contributed by atoms with Gasteiger partial charge in [0.15, 0.2) is 0 Å². The smallest absolute Gasteiger partial charge is 0.326 e. The molecule has 1 rings (SSSR count). The number of aliphatic carboxylic acids is 1. The normalized spacial score (nSPS) is 18.3. The molecule has 2 atom stereocenters. The zero-order valence-corrected chi connectivity index (χ0v) is 13.6. The average molecular weight is 312 g/mol. The van der Waals surface area contributed by atoms with Crippen LogP contribution in [0.25, 0.3) is 0 Å². The average Bonchev–Trinajstić information content (AvgIpc) is 2.47. The van der Waals surface area contributed by atoms with Crippen molar-refractivity contribution in [2.75, 3.05) is 0 Å². The summed E-state index contributed by atoms with van der Waals surface area (Å²) < 4.78 is 0. The SMILES string of the molecule is CCCC(NC(=O)C(C)NC(=O)CC1CCCCC1)C(=O)O. The maximum Gasteiger partial charge on any atom is 0.326 e. The molecule has 0 aromatic heterocycles. The van der Waals surface area contributed by atoms with E-state index in [4.69, 9.17) is 5.11 Å². The fourth-order valence-electron chi connectivity index (χ4n) is 2.86. The van der Waals surface area contributed by atoms with Gasteiger partial charge in [0.1, 0.15) is 12.1 Å². The van der Waals surface area contributed by atoms with Crippen LogP contribution in [0.1, 0.15) is 65.2 Å². The summed E-state index contributed by atoms with van der Waals surface area (Å²) in [6, 6.07) is -1.61. The number of carbonyl (C=O) groups is 3. The maximum atomic E-state index is 12.0. The molecule has 1 saturated carbocycles. The van der Waals surface area contributed by atoms with Gasteiger partial charge in [-0.3, -0.25) is 9.59 Å². The fraction of sp³-hybridized carbons (Fsp3) is 0.812. The maximum absolute atomic E-state index is 12.0. The Bertz CT molecular complexity index is 392. The zero-order chi connectivity index (χ0) is 16.5. The van der Waals surface area contributed by atoms with Crippen LogP contribution < -0.4 is 10.6 Å². The van der Waals surface area contributed by atoms with Gasteiger partial charge in [-0.25, -0.2) is 4.79 Å². The predicted molar refractivity (Wildman–Crippen MR) is 83.3 cm³/mol. The van der Waals surface area contributed by atoms with E-state index in [0.717, 1.165) is 12.8 Å². The van der Waals surface area contributed by atoms with Crippen LogP contribution >= 0.6 is 0 Å². The van der Waals surface area contributed by atoms with Crippen LogP contribution in [0.5, 0.6) is 0 Å². The molecule has 22 heavy (non-hydrogen) atoms. The Kier molecular flexibility index (Phi) is 7.91. The van der Waals surface area contributed by atoms with E-state index < -0.39 is 24.0 Å². The van der Waals surface area contributed by atoms with Gasteiger partial charge in [-0.05, 0) is 32.1 Å². The summed E-state index contributed by atoms with van der Waals surface area (Å²) in [6.45, 7) is 3.44. The number of rotatable bonds is 8. The standard InChI is InChI=1S/C16H28N2O4/c1-3-7-13(16(21)22)18-15(20)11(2)17-14(19)10-12-8-5-4-6-9-12/h11-13H,3-10H2,1-2H3,(H,17,19)(H,18,20)(H,21,22). The molecule has 6 nitrogen and oxygen atoms in total. The van der Waals surface area contributed by atoms with Crippen LogP contribution in [-0.4, -0.2) is 35.0 Å². The lowest BCUT2D eigenvalue weighted by molar-refractivity contribution is -0.142. The first-order chi connectivity index (χ1) is 10.4.